The second kappa shape index (κ2) is 15.3. The summed E-state index contributed by atoms with van der Waals surface area (Å²) < 4.78 is 5.19. The summed E-state index contributed by atoms with van der Waals surface area (Å²) in [4.78, 5) is 36.0. The number of nitrogens with one attached hydrogen (secondary N) is 1. The number of methoxy groups -OCH3 is 1. The largest absolute Gasteiger partial charge is 0.383 e. The number of carbonyl (C=O) groups is 3. The molecule has 1 rings (SSSR count). The predicted octanol–water partition coefficient (Wildman–Crippen LogP) is 2.66. The van der Waals surface area contributed by atoms with Gasteiger partial charge in [-0.1, -0.05) is 21.6 Å². The number of likely N-dealkylation sites (tertiary alicyclic amines) is 1. The van der Waals surface area contributed by atoms with Gasteiger partial charge >= 0.3 is 0 Å². The number of hydrogen-bond donors (Lipinski definition) is 1. The molecule has 6 nitrogen and oxygen atoms in total. The number of unbranched alkanes of at least 4 members (excludes halogenated alkanes) is 2. The first-order valence-electron chi connectivity index (χ1n) is 9.42. The van der Waals surface area contributed by atoms with Crippen molar-refractivity contribution >= 4 is 39.7 Å². The standard InChI is InChI=1S/C18H32N2O4S2/c1-24-15-16-7-5-11-20(16)18(23)9-6-13-25-26-14-10-19-17(22)8-3-2-4-12-21/h12,16H,2-11,13-15H2,1H3,(H,19,22). The van der Waals surface area contributed by atoms with Gasteiger partial charge in [0.1, 0.15) is 6.29 Å². The number of ether oxygens (including phenoxy) is 1. The van der Waals surface area contributed by atoms with Crippen LogP contribution in [0.4, 0.5) is 0 Å². The van der Waals surface area contributed by atoms with E-state index in [1.54, 1.807) is 28.7 Å². The van der Waals surface area contributed by atoms with E-state index in [-0.39, 0.29) is 17.9 Å². The zero-order valence-corrected chi connectivity index (χ0v) is 17.4. The fourth-order valence-corrected chi connectivity index (χ4v) is 4.90. The van der Waals surface area contributed by atoms with Crippen LogP contribution >= 0.6 is 21.6 Å². The van der Waals surface area contributed by atoms with Gasteiger partial charge in [-0.25, -0.2) is 0 Å². The van der Waals surface area contributed by atoms with E-state index in [0.29, 0.717) is 32.4 Å². The second-order valence-corrected chi connectivity index (χ2v) is 9.05. The van der Waals surface area contributed by atoms with Gasteiger partial charge in [-0.15, -0.1) is 0 Å². The lowest BCUT2D eigenvalue weighted by molar-refractivity contribution is -0.133. The summed E-state index contributed by atoms with van der Waals surface area (Å²) >= 11 is 0. The molecule has 1 atom stereocenters. The van der Waals surface area contributed by atoms with Crippen molar-refractivity contribution in [3.8, 4) is 0 Å². The summed E-state index contributed by atoms with van der Waals surface area (Å²) in [5, 5.41) is 2.89. The van der Waals surface area contributed by atoms with Gasteiger partial charge in [0, 0.05) is 51.0 Å². The van der Waals surface area contributed by atoms with Gasteiger partial charge in [-0.05, 0) is 32.1 Å². The molecule has 150 valence electrons. The first-order chi connectivity index (χ1) is 12.7. The highest BCUT2D eigenvalue weighted by molar-refractivity contribution is 8.76. The first-order valence-corrected chi connectivity index (χ1v) is 11.9. The van der Waals surface area contributed by atoms with Gasteiger partial charge in [0.25, 0.3) is 0 Å². The summed E-state index contributed by atoms with van der Waals surface area (Å²) in [5.74, 6) is 2.11. The molecule has 0 aromatic heterocycles. The number of rotatable bonds is 15. The molecule has 0 aliphatic carbocycles. The first kappa shape index (κ1) is 23.3. The van der Waals surface area contributed by atoms with Crippen LogP contribution in [-0.2, 0) is 19.1 Å². The summed E-state index contributed by atoms with van der Waals surface area (Å²) in [6, 6.07) is 0.261. The molecule has 1 unspecified atom stereocenters. The van der Waals surface area contributed by atoms with Crippen LogP contribution in [0.5, 0.6) is 0 Å². The van der Waals surface area contributed by atoms with Crippen LogP contribution in [0.3, 0.4) is 0 Å². The third-order valence-electron chi connectivity index (χ3n) is 4.24. The zero-order valence-electron chi connectivity index (χ0n) is 15.7. The maximum atomic E-state index is 12.3. The van der Waals surface area contributed by atoms with Gasteiger partial charge in [0.05, 0.1) is 12.6 Å². The van der Waals surface area contributed by atoms with Crippen LogP contribution in [0.15, 0.2) is 0 Å². The molecule has 1 aliphatic heterocycles. The minimum Gasteiger partial charge on any atom is -0.383 e. The van der Waals surface area contributed by atoms with Crippen LogP contribution in [-0.4, -0.2) is 67.4 Å². The third kappa shape index (κ3) is 10.4. The fraction of sp³-hybridized carbons (Fsp3) is 0.833. The molecule has 1 fully saturated rings. The van der Waals surface area contributed by atoms with Gasteiger partial charge in [-0.3, -0.25) is 9.59 Å². The molecule has 0 radical (unpaired) electrons. The summed E-state index contributed by atoms with van der Waals surface area (Å²) in [6.45, 7) is 2.17. The van der Waals surface area contributed by atoms with E-state index >= 15 is 0 Å². The van der Waals surface area contributed by atoms with Crippen molar-refractivity contribution in [1.29, 1.82) is 0 Å². The zero-order chi connectivity index (χ0) is 19.0. The summed E-state index contributed by atoms with van der Waals surface area (Å²) in [6.07, 6.45) is 7.08. The Morgan fingerprint density at radius 3 is 2.77 bits per heavy atom. The molecular weight excluding hydrogens is 372 g/mol. The monoisotopic (exact) mass is 404 g/mol. The molecule has 1 saturated heterocycles. The average Bonchev–Trinajstić information content (AvgIpc) is 3.09. The molecule has 2 amide bonds. The van der Waals surface area contributed by atoms with Gasteiger partial charge in [-0.2, -0.15) is 0 Å². The van der Waals surface area contributed by atoms with Crippen molar-refractivity contribution in [3.63, 3.8) is 0 Å². The summed E-state index contributed by atoms with van der Waals surface area (Å²) in [5.41, 5.74) is 0. The van der Waals surface area contributed by atoms with E-state index < -0.39 is 0 Å². The van der Waals surface area contributed by atoms with E-state index in [2.05, 4.69) is 5.32 Å². The Bertz CT molecular complexity index is 424. The Balaban J connectivity index is 1.93. The van der Waals surface area contributed by atoms with E-state index in [0.717, 1.165) is 56.4 Å². The Kier molecular flexibility index (Phi) is 13.8. The molecule has 26 heavy (non-hydrogen) atoms. The van der Waals surface area contributed by atoms with Crippen molar-refractivity contribution in [2.75, 3.05) is 38.3 Å². The minimum absolute atomic E-state index is 0.0586. The van der Waals surface area contributed by atoms with Gasteiger partial charge in [0.2, 0.25) is 11.8 Å². The number of carbonyl (C=O) groups excluding carboxylic acids is 3. The quantitative estimate of drug-likeness (QED) is 0.257. The average molecular weight is 405 g/mol. The molecular formula is C18H32N2O4S2. The Labute approximate surface area is 164 Å². The Hall–Kier alpha value is -0.730. The number of aldehydes is 1. The van der Waals surface area contributed by atoms with E-state index in [4.69, 9.17) is 4.74 Å². The third-order valence-corrected chi connectivity index (χ3v) is 6.73. The van der Waals surface area contributed by atoms with Crippen LogP contribution < -0.4 is 5.32 Å². The molecule has 1 N–H and O–H groups in total. The van der Waals surface area contributed by atoms with Crippen LogP contribution in [0.25, 0.3) is 0 Å². The maximum Gasteiger partial charge on any atom is 0.222 e. The van der Waals surface area contributed by atoms with Crippen molar-refractivity contribution < 1.29 is 19.1 Å². The highest BCUT2D eigenvalue weighted by Gasteiger charge is 2.27. The molecule has 0 aromatic rings. The van der Waals surface area contributed by atoms with Gasteiger partial charge in [0.15, 0.2) is 0 Å². The number of hydrogen-bond acceptors (Lipinski definition) is 6. The topological polar surface area (TPSA) is 75.7 Å². The predicted molar refractivity (Wildman–Crippen MR) is 108 cm³/mol. The lowest BCUT2D eigenvalue weighted by Crippen LogP contribution is -2.38. The molecule has 0 aromatic carbocycles. The normalized spacial score (nSPS) is 16.7. The Morgan fingerprint density at radius 2 is 2.00 bits per heavy atom. The molecule has 0 bridgehead atoms. The van der Waals surface area contributed by atoms with Crippen molar-refractivity contribution in [1.82, 2.24) is 10.2 Å². The SMILES string of the molecule is COCC1CCCN1C(=O)CCCSSCCNC(=O)CCCCC=O. The van der Waals surface area contributed by atoms with E-state index in [1.165, 1.54) is 0 Å². The maximum absolute atomic E-state index is 12.3. The van der Waals surface area contributed by atoms with Gasteiger partial charge < -0.3 is 19.7 Å². The minimum atomic E-state index is 0.0586. The molecule has 1 aliphatic rings. The number of amides is 2. The lowest BCUT2D eigenvalue weighted by atomic mass is 10.2. The fourth-order valence-electron chi connectivity index (χ4n) is 2.91. The van der Waals surface area contributed by atoms with Crippen LogP contribution in [0, 0.1) is 0 Å². The highest BCUT2D eigenvalue weighted by Crippen LogP contribution is 2.23. The molecule has 1 heterocycles. The smallest absolute Gasteiger partial charge is 0.222 e. The van der Waals surface area contributed by atoms with E-state index in [9.17, 15) is 14.4 Å². The van der Waals surface area contributed by atoms with Crippen molar-refractivity contribution in [2.24, 2.45) is 0 Å². The molecule has 8 heteroatoms. The van der Waals surface area contributed by atoms with Crippen LogP contribution in [0.1, 0.15) is 51.4 Å². The van der Waals surface area contributed by atoms with Crippen molar-refractivity contribution in [3.05, 3.63) is 0 Å². The van der Waals surface area contributed by atoms with Crippen molar-refractivity contribution in [2.45, 2.75) is 57.4 Å². The van der Waals surface area contributed by atoms with E-state index in [1.807, 2.05) is 4.90 Å². The molecule has 0 spiro atoms. The molecule has 0 saturated carbocycles. The number of nitrogens with zero attached hydrogens (tertiary/aromatic N) is 1. The van der Waals surface area contributed by atoms with Crippen LogP contribution in [0.2, 0.25) is 0 Å². The second-order valence-electron chi connectivity index (χ2n) is 6.35. The highest BCUT2D eigenvalue weighted by atomic mass is 33.1. The summed E-state index contributed by atoms with van der Waals surface area (Å²) in [7, 11) is 5.17. The Morgan fingerprint density at radius 1 is 1.19 bits per heavy atom. The lowest BCUT2D eigenvalue weighted by Gasteiger charge is -2.24.